The summed E-state index contributed by atoms with van der Waals surface area (Å²) in [6, 6.07) is 26.4. The molecule has 6 aromatic rings. The van der Waals surface area contributed by atoms with E-state index in [-0.39, 0.29) is 5.41 Å². The number of furan rings is 1. The Balaban J connectivity index is 1.93. The van der Waals surface area contributed by atoms with Gasteiger partial charge in [0.1, 0.15) is 11.2 Å². The van der Waals surface area contributed by atoms with Crippen molar-refractivity contribution in [3.05, 3.63) is 83.9 Å². The quantitative estimate of drug-likeness (QED) is 0.237. The van der Waals surface area contributed by atoms with E-state index in [0.717, 1.165) is 11.2 Å². The van der Waals surface area contributed by atoms with Gasteiger partial charge in [-0.05, 0) is 50.9 Å². The Morgan fingerprint density at radius 2 is 1.00 bits per heavy atom. The van der Waals surface area contributed by atoms with Gasteiger partial charge in [0.25, 0.3) is 0 Å². The second-order valence-electron chi connectivity index (χ2n) is 9.44. The predicted molar refractivity (Wildman–Crippen MR) is 130 cm³/mol. The molecule has 0 fully saturated rings. The van der Waals surface area contributed by atoms with Crippen molar-refractivity contribution >= 4 is 54.3 Å². The molecule has 1 heteroatoms. The highest BCUT2D eigenvalue weighted by Crippen LogP contribution is 2.44. The molecule has 30 heavy (non-hydrogen) atoms. The molecular weight excluding hydrogens is 364 g/mol. The fraction of sp³-hybridized carbons (Fsp3) is 0.172. The largest absolute Gasteiger partial charge is 0.455 e. The highest BCUT2D eigenvalue weighted by Gasteiger charge is 2.24. The van der Waals surface area contributed by atoms with Crippen LogP contribution in [0.5, 0.6) is 0 Å². The summed E-state index contributed by atoms with van der Waals surface area (Å²) >= 11 is 0. The van der Waals surface area contributed by atoms with Crippen LogP contribution in [0.4, 0.5) is 0 Å². The fourth-order valence-electron chi connectivity index (χ4n) is 5.31. The number of rotatable bonds is 0. The molecule has 1 nitrogen and oxygen atoms in total. The third kappa shape index (κ3) is 2.24. The van der Waals surface area contributed by atoms with Crippen molar-refractivity contribution in [3.8, 4) is 0 Å². The van der Waals surface area contributed by atoms with E-state index in [0.29, 0.717) is 0 Å². The molecule has 0 amide bonds. The van der Waals surface area contributed by atoms with Gasteiger partial charge in [-0.2, -0.15) is 0 Å². The monoisotopic (exact) mass is 388 g/mol. The Morgan fingerprint density at radius 3 is 1.63 bits per heavy atom. The second-order valence-corrected chi connectivity index (χ2v) is 9.44. The smallest absolute Gasteiger partial charge is 0.143 e. The van der Waals surface area contributed by atoms with Gasteiger partial charge in [-0.1, -0.05) is 87.5 Å². The molecule has 0 spiro atoms. The Morgan fingerprint density at radius 1 is 0.533 bits per heavy atom. The summed E-state index contributed by atoms with van der Waals surface area (Å²) in [4.78, 5) is 0. The van der Waals surface area contributed by atoms with Crippen LogP contribution < -0.4 is 0 Å². The van der Waals surface area contributed by atoms with E-state index >= 15 is 0 Å². The summed E-state index contributed by atoms with van der Waals surface area (Å²) in [6.45, 7) is 8.99. The third-order valence-corrected chi connectivity index (χ3v) is 6.47. The summed E-state index contributed by atoms with van der Waals surface area (Å²) in [6.07, 6.45) is 0. The SMILES string of the molecule is Cc1ccc2c(oc3c2ccc2c4ccccc4c4ccccc4c23)c1C(C)(C)C. The van der Waals surface area contributed by atoms with E-state index in [2.05, 4.69) is 100 Å². The molecule has 0 atom stereocenters. The molecular formula is C29H24O. The van der Waals surface area contributed by atoms with Gasteiger partial charge in [-0.25, -0.2) is 0 Å². The molecule has 5 aromatic carbocycles. The minimum atomic E-state index is 0.0159. The zero-order valence-corrected chi connectivity index (χ0v) is 17.8. The van der Waals surface area contributed by atoms with Gasteiger partial charge in [-0.15, -0.1) is 0 Å². The van der Waals surface area contributed by atoms with Gasteiger partial charge in [0.05, 0.1) is 0 Å². The third-order valence-electron chi connectivity index (χ3n) is 6.47. The van der Waals surface area contributed by atoms with Crippen LogP contribution in [-0.2, 0) is 5.41 Å². The van der Waals surface area contributed by atoms with Crippen LogP contribution in [0.15, 0.2) is 77.2 Å². The molecule has 0 saturated carbocycles. The van der Waals surface area contributed by atoms with E-state index in [1.165, 1.54) is 54.2 Å². The van der Waals surface area contributed by atoms with Crippen LogP contribution in [0.3, 0.4) is 0 Å². The standard InChI is InChI=1S/C29H24O/c1-17-13-14-24-23-16-15-22-20-11-6-5-9-18(20)19-10-7-8-12-21(19)25(22)27(23)30-28(24)26(17)29(2,3)4/h5-16H,1-4H3. The minimum absolute atomic E-state index is 0.0159. The molecule has 0 aliphatic heterocycles. The number of hydrogen-bond donors (Lipinski definition) is 0. The molecule has 1 aromatic heterocycles. The lowest BCUT2D eigenvalue weighted by atomic mass is 9.83. The normalized spacial score (nSPS) is 12.7. The number of fused-ring (bicyclic) bond motifs is 10. The first kappa shape index (κ1) is 17.5. The first-order valence-corrected chi connectivity index (χ1v) is 10.6. The highest BCUT2D eigenvalue weighted by molar-refractivity contribution is 6.32. The lowest BCUT2D eigenvalue weighted by molar-refractivity contribution is 0.570. The van der Waals surface area contributed by atoms with E-state index in [1.807, 2.05) is 0 Å². The summed E-state index contributed by atoms with van der Waals surface area (Å²) < 4.78 is 6.76. The number of hydrogen-bond acceptors (Lipinski definition) is 1. The van der Waals surface area contributed by atoms with Gasteiger partial charge in [0.15, 0.2) is 0 Å². The zero-order chi connectivity index (χ0) is 20.6. The summed E-state index contributed by atoms with van der Waals surface area (Å²) in [5.41, 5.74) is 4.63. The van der Waals surface area contributed by atoms with Crippen LogP contribution in [0.2, 0.25) is 0 Å². The second kappa shape index (κ2) is 5.86. The fourth-order valence-corrected chi connectivity index (χ4v) is 5.31. The van der Waals surface area contributed by atoms with Crippen molar-refractivity contribution in [2.24, 2.45) is 0 Å². The Hall–Kier alpha value is -3.32. The van der Waals surface area contributed by atoms with E-state index in [9.17, 15) is 0 Å². The van der Waals surface area contributed by atoms with E-state index in [4.69, 9.17) is 4.42 Å². The maximum atomic E-state index is 6.76. The van der Waals surface area contributed by atoms with Gasteiger partial charge in [0.2, 0.25) is 0 Å². The van der Waals surface area contributed by atoms with Crippen molar-refractivity contribution in [1.82, 2.24) is 0 Å². The van der Waals surface area contributed by atoms with Crippen molar-refractivity contribution in [1.29, 1.82) is 0 Å². The molecule has 146 valence electrons. The van der Waals surface area contributed by atoms with Crippen LogP contribution in [0.1, 0.15) is 31.9 Å². The Bertz CT molecular complexity index is 1590. The average Bonchev–Trinajstić information content (AvgIpc) is 3.10. The molecule has 0 aliphatic carbocycles. The average molecular weight is 389 g/mol. The van der Waals surface area contributed by atoms with Crippen molar-refractivity contribution < 1.29 is 4.42 Å². The maximum Gasteiger partial charge on any atom is 0.143 e. The first-order chi connectivity index (χ1) is 14.4. The zero-order valence-electron chi connectivity index (χ0n) is 17.8. The van der Waals surface area contributed by atoms with Crippen LogP contribution in [-0.4, -0.2) is 0 Å². The van der Waals surface area contributed by atoms with Crippen molar-refractivity contribution in [2.45, 2.75) is 33.1 Å². The van der Waals surface area contributed by atoms with Crippen molar-refractivity contribution in [3.63, 3.8) is 0 Å². The lowest BCUT2D eigenvalue weighted by Crippen LogP contribution is -2.13. The van der Waals surface area contributed by atoms with Gasteiger partial charge < -0.3 is 4.42 Å². The Labute approximate surface area is 175 Å². The van der Waals surface area contributed by atoms with Crippen LogP contribution in [0, 0.1) is 6.92 Å². The summed E-state index contributed by atoms with van der Waals surface area (Å²) in [5, 5.41) is 9.98. The van der Waals surface area contributed by atoms with Gasteiger partial charge >= 0.3 is 0 Å². The molecule has 1 heterocycles. The predicted octanol–water partition coefficient (Wildman–Crippen LogP) is 8.65. The number of aryl methyl sites for hydroxylation is 1. The molecule has 0 N–H and O–H groups in total. The van der Waals surface area contributed by atoms with Crippen LogP contribution in [0.25, 0.3) is 54.3 Å². The molecule has 0 unspecified atom stereocenters. The minimum Gasteiger partial charge on any atom is -0.455 e. The van der Waals surface area contributed by atoms with Gasteiger partial charge in [0, 0.05) is 21.7 Å². The summed E-state index contributed by atoms with van der Waals surface area (Å²) in [5.74, 6) is 0. The molecule has 0 saturated heterocycles. The van der Waals surface area contributed by atoms with Gasteiger partial charge in [-0.3, -0.25) is 0 Å². The molecule has 0 radical (unpaired) electrons. The Kier molecular flexibility index (Phi) is 3.42. The number of benzene rings is 5. The lowest BCUT2D eigenvalue weighted by Gasteiger charge is -2.21. The van der Waals surface area contributed by atoms with Crippen LogP contribution >= 0.6 is 0 Å². The molecule has 0 aliphatic rings. The topological polar surface area (TPSA) is 13.1 Å². The van der Waals surface area contributed by atoms with E-state index < -0.39 is 0 Å². The summed E-state index contributed by atoms with van der Waals surface area (Å²) in [7, 11) is 0. The highest BCUT2D eigenvalue weighted by atomic mass is 16.3. The van der Waals surface area contributed by atoms with E-state index in [1.54, 1.807) is 0 Å². The maximum absolute atomic E-state index is 6.76. The molecule has 0 bridgehead atoms. The molecule has 6 rings (SSSR count). The first-order valence-electron chi connectivity index (χ1n) is 10.6. The van der Waals surface area contributed by atoms with Crippen molar-refractivity contribution in [2.75, 3.05) is 0 Å².